The van der Waals surface area contributed by atoms with Crippen molar-refractivity contribution in [1.29, 1.82) is 0 Å². The number of rotatable bonds is 6. The molecule has 2 rings (SSSR count). The van der Waals surface area contributed by atoms with Crippen LogP contribution in [0, 0.1) is 11.8 Å². The van der Waals surface area contributed by atoms with E-state index < -0.39 is 12.7 Å². The summed E-state index contributed by atoms with van der Waals surface area (Å²) in [5.74, 6) is 0.520. The second kappa shape index (κ2) is 7.33. The minimum absolute atomic E-state index is 0.0441. The molecule has 0 aliphatic heterocycles. The molecule has 116 valence electrons. The molecule has 1 saturated carbocycles. The minimum atomic E-state index is -0.584. The molecule has 1 N–H and O–H groups in total. The van der Waals surface area contributed by atoms with Crippen LogP contribution in [0.25, 0.3) is 0 Å². The fraction of sp³-hybridized carbons (Fsp3) is 0.667. The summed E-state index contributed by atoms with van der Waals surface area (Å²) in [6.07, 6.45) is 6.36. The summed E-state index contributed by atoms with van der Waals surface area (Å²) in [5, 5.41) is 6.67. The Morgan fingerprint density at radius 1 is 1.52 bits per heavy atom. The summed E-state index contributed by atoms with van der Waals surface area (Å²) in [5.41, 5.74) is 0.295. The van der Waals surface area contributed by atoms with E-state index in [1.54, 1.807) is 0 Å². The molecule has 0 aromatic carbocycles. The highest BCUT2D eigenvalue weighted by molar-refractivity contribution is 5.94. The second-order valence-corrected chi connectivity index (χ2v) is 5.78. The quantitative estimate of drug-likeness (QED) is 0.816. The topological polar surface area (TPSA) is 64.0 Å². The molecule has 1 aromatic rings. The van der Waals surface area contributed by atoms with Gasteiger partial charge in [0.15, 0.2) is 0 Å². The molecule has 21 heavy (non-hydrogen) atoms. The van der Waals surface area contributed by atoms with E-state index in [9.17, 15) is 14.0 Å². The van der Waals surface area contributed by atoms with Crippen molar-refractivity contribution in [1.82, 2.24) is 15.1 Å². The molecule has 0 radical (unpaired) electrons. The van der Waals surface area contributed by atoms with E-state index in [2.05, 4.69) is 17.3 Å². The van der Waals surface area contributed by atoms with Crippen LogP contribution in [0.3, 0.4) is 0 Å². The van der Waals surface area contributed by atoms with E-state index >= 15 is 0 Å². The van der Waals surface area contributed by atoms with E-state index in [1.165, 1.54) is 16.9 Å². The van der Waals surface area contributed by atoms with Crippen molar-refractivity contribution in [3.63, 3.8) is 0 Å². The maximum absolute atomic E-state index is 12.4. The van der Waals surface area contributed by atoms with Crippen molar-refractivity contribution < 1.29 is 14.0 Å². The van der Waals surface area contributed by atoms with Crippen LogP contribution in [-0.2, 0) is 11.3 Å². The largest absolute Gasteiger partial charge is 0.341 e. The normalized spacial score (nSPS) is 23.5. The molecular weight excluding hydrogens is 273 g/mol. The number of nitrogens with one attached hydrogen (secondary N) is 1. The number of carbonyl (C=O) groups excluding carboxylic acids is 2. The van der Waals surface area contributed by atoms with Crippen LogP contribution in [0.1, 0.15) is 43.1 Å². The first kappa shape index (κ1) is 15.7. The fourth-order valence-corrected chi connectivity index (χ4v) is 2.92. The summed E-state index contributed by atoms with van der Waals surface area (Å²) in [7, 11) is 0. The average Bonchev–Trinajstić information content (AvgIpc) is 2.94. The molecule has 1 atom stereocenters. The van der Waals surface area contributed by atoms with Crippen LogP contribution < -0.4 is 5.32 Å². The van der Waals surface area contributed by atoms with E-state index in [4.69, 9.17) is 0 Å². The smallest absolute Gasteiger partial charge is 0.270 e. The van der Waals surface area contributed by atoms with Gasteiger partial charge in [-0.25, -0.2) is 4.39 Å². The third-order valence-corrected chi connectivity index (χ3v) is 4.26. The van der Waals surface area contributed by atoms with Gasteiger partial charge >= 0.3 is 0 Å². The number of amides is 1. The zero-order valence-electron chi connectivity index (χ0n) is 12.3. The number of carbonyl (C=O) groups is 2. The lowest BCUT2D eigenvalue weighted by molar-refractivity contribution is -0.110. The van der Waals surface area contributed by atoms with E-state index in [0.717, 1.165) is 32.0 Å². The first-order valence-electron chi connectivity index (χ1n) is 7.49. The number of aryl methyl sites for hydroxylation is 1. The van der Waals surface area contributed by atoms with Crippen LogP contribution in [0.4, 0.5) is 4.39 Å². The molecule has 1 aliphatic rings. The molecule has 1 aromatic heterocycles. The predicted octanol–water partition coefficient (Wildman–Crippen LogP) is 1.98. The number of alkyl halides is 1. The van der Waals surface area contributed by atoms with Gasteiger partial charge in [0.1, 0.15) is 18.7 Å². The summed E-state index contributed by atoms with van der Waals surface area (Å²) in [4.78, 5) is 23.5. The van der Waals surface area contributed by atoms with Gasteiger partial charge in [-0.05, 0) is 30.7 Å². The summed E-state index contributed by atoms with van der Waals surface area (Å²) >= 11 is 0. The maximum Gasteiger partial charge on any atom is 0.270 e. The van der Waals surface area contributed by atoms with Gasteiger partial charge in [0.05, 0.1) is 12.6 Å². The van der Waals surface area contributed by atoms with Crippen LogP contribution in [-0.4, -0.2) is 34.7 Å². The zero-order chi connectivity index (χ0) is 15.2. The number of halogens is 1. The Kier molecular flexibility index (Phi) is 5.47. The van der Waals surface area contributed by atoms with Crippen molar-refractivity contribution in [3.05, 3.63) is 18.0 Å². The Morgan fingerprint density at radius 3 is 2.86 bits per heavy atom. The van der Waals surface area contributed by atoms with Gasteiger partial charge in [0, 0.05) is 6.20 Å². The van der Waals surface area contributed by atoms with Gasteiger partial charge in [0.2, 0.25) is 0 Å². The number of hydrogen-bond acceptors (Lipinski definition) is 3. The summed E-state index contributed by atoms with van der Waals surface area (Å²) in [6.45, 7) is 1.67. The zero-order valence-corrected chi connectivity index (χ0v) is 12.3. The molecule has 0 saturated heterocycles. The number of aromatic nitrogens is 2. The molecule has 1 aliphatic carbocycles. The molecule has 0 bridgehead atoms. The summed E-state index contributed by atoms with van der Waals surface area (Å²) in [6, 6.07) is 1.06. The second-order valence-electron chi connectivity index (χ2n) is 5.78. The number of aldehydes is 1. The SMILES string of the molecule is CC1CCC(C(C=O)NC(=O)c2ccnn2CCF)CC1. The van der Waals surface area contributed by atoms with Crippen molar-refractivity contribution in [2.24, 2.45) is 11.8 Å². The minimum Gasteiger partial charge on any atom is -0.341 e. The molecule has 6 heteroatoms. The molecule has 1 amide bonds. The molecule has 1 heterocycles. The molecular formula is C15H22FN3O2. The molecule has 1 fully saturated rings. The van der Waals surface area contributed by atoms with E-state index in [0.29, 0.717) is 11.6 Å². The van der Waals surface area contributed by atoms with Crippen LogP contribution in [0.2, 0.25) is 0 Å². The Bertz CT molecular complexity index is 481. The highest BCUT2D eigenvalue weighted by Crippen LogP contribution is 2.30. The van der Waals surface area contributed by atoms with Crippen molar-refractivity contribution in [3.8, 4) is 0 Å². The van der Waals surface area contributed by atoms with Gasteiger partial charge < -0.3 is 10.1 Å². The first-order chi connectivity index (χ1) is 10.2. The number of hydrogen-bond donors (Lipinski definition) is 1. The monoisotopic (exact) mass is 295 g/mol. The van der Waals surface area contributed by atoms with Gasteiger partial charge in [-0.2, -0.15) is 5.10 Å². The van der Waals surface area contributed by atoms with Crippen LogP contribution >= 0.6 is 0 Å². The molecule has 1 unspecified atom stereocenters. The Balaban J connectivity index is 1.99. The fourth-order valence-electron chi connectivity index (χ4n) is 2.92. The first-order valence-corrected chi connectivity index (χ1v) is 7.49. The van der Waals surface area contributed by atoms with Gasteiger partial charge in [-0.15, -0.1) is 0 Å². The van der Waals surface area contributed by atoms with Crippen molar-refractivity contribution in [2.45, 2.75) is 45.2 Å². The van der Waals surface area contributed by atoms with Gasteiger partial charge in [-0.3, -0.25) is 9.48 Å². The van der Waals surface area contributed by atoms with Gasteiger partial charge in [-0.1, -0.05) is 19.8 Å². The predicted molar refractivity (Wildman–Crippen MR) is 76.6 cm³/mol. The maximum atomic E-state index is 12.4. The molecule has 5 nitrogen and oxygen atoms in total. The molecule has 0 spiro atoms. The van der Waals surface area contributed by atoms with Gasteiger partial charge in [0.25, 0.3) is 5.91 Å². The van der Waals surface area contributed by atoms with E-state index in [1.807, 2.05) is 0 Å². The summed E-state index contributed by atoms with van der Waals surface area (Å²) < 4.78 is 13.7. The Labute approximate surface area is 123 Å². The van der Waals surface area contributed by atoms with Crippen LogP contribution in [0.5, 0.6) is 0 Å². The van der Waals surface area contributed by atoms with E-state index in [-0.39, 0.29) is 18.4 Å². The average molecular weight is 295 g/mol. The standard InChI is InChI=1S/C15H22FN3O2/c1-11-2-4-12(5-3-11)13(10-20)18-15(21)14-6-8-17-19(14)9-7-16/h6,8,10-13H,2-5,7,9H2,1H3,(H,18,21). The lowest BCUT2D eigenvalue weighted by Crippen LogP contribution is -2.43. The lowest BCUT2D eigenvalue weighted by atomic mass is 9.79. The van der Waals surface area contributed by atoms with Crippen molar-refractivity contribution in [2.75, 3.05) is 6.67 Å². The van der Waals surface area contributed by atoms with Crippen molar-refractivity contribution >= 4 is 12.2 Å². The Hall–Kier alpha value is -1.72. The number of nitrogens with zero attached hydrogens (tertiary/aromatic N) is 2. The Morgan fingerprint density at radius 2 is 2.24 bits per heavy atom. The lowest BCUT2D eigenvalue weighted by Gasteiger charge is -2.30. The highest BCUT2D eigenvalue weighted by Gasteiger charge is 2.27. The highest BCUT2D eigenvalue weighted by atomic mass is 19.1. The van der Waals surface area contributed by atoms with Crippen LogP contribution in [0.15, 0.2) is 12.3 Å². The third-order valence-electron chi connectivity index (χ3n) is 4.26. The third kappa shape index (κ3) is 3.89.